The molecule has 1 aromatic rings. The predicted molar refractivity (Wildman–Crippen MR) is 59.6 cm³/mol. The third-order valence-electron chi connectivity index (χ3n) is 1.70. The van der Waals surface area contributed by atoms with Crippen molar-refractivity contribution in [3.05, 3.63) is 29.0 Å². The van der Waals surface area contributed by atoms with E-state index in [9.17, 15) is 4.79 Å². The second-order valence-electron chi connectivity index (χ2n) is 2.80. The van der Waals surface area contributed by atoms with Gasteiger partial charge in [-0.05, 0) is 19.1 Å². The van der Waals surface area contributed by atoms with Gasteiger partial charge in [0.15, 0.2) is 0 Å². The summed E-state index contributed by atoms with van der Waals surface area (Å²) >= 11 is 5.66. The average molecular weight is 223 g/mol. The second-order valence-corrected chi connectivity index (χ2v) is 3.19. The number of rotatable bonds is 3. The number of amides is 1. The first-order valence-corrected chi connectivity index (χ1v) is 4.91. The van der Waals surface area contributed by atoms with Crippen molar-refractivity contribution >= 4 is 17.5 Å². The van der Waals surface area contributed by atoms with E-state index in [1.54, 1.807) is 13.0 Å². The summed E-state index contributed by atoms with van der Waals surface area (Å²) in [5.41, 5.74) is 0.513. The maximum absolute atomic E-state index is 11.5. The fraction of sp³-hybridized carbons (Fsp3) is 0.273. The molecule has 0 spiro atoms. The first-order chi connectivity index (χ1) is 7.24. The summed E-state index contributed by atoms with van der Waals surface area (Å²) in [6.45, 7) is 2.31. The standard InChI is InChI=1S/C11H11ClN2O/c1-2-3-4-6-14-11(15)9-5-7-13-10(12)8-9/h5,7-8H,4,6H2,1H3,(H,14,15). The second kappa shape index (κ2) is 6.05. The zero-order valence-corrected chi connectivity index (χ0v) is 9.14. The van der Waals surface area contributed by atoms with Gasteiger partial charge in [0.2, 0.25) is 0 Å². The molecule has 1 rings (SSSR count). The lowest BCUT2D eigenvalue weighted by atomic mass is 10.2. The summed E-state index contributed by atoms with van der Waals surface area (Å²) < 4.78 is 0. The van der Waals surface area contributed by atoms with Crippen LogP contribution in [0, 0.1) is 11.8 Å². The van der Waals surface area contributed by atoms with Gasteiger partial charge in [0, 0.05) is 24.7 Å². The number of hydrogen-bond acceptors (Lipinski definition) is 2. The van der Waals surface area contributed by atoms with Gasteiger partial charge >= 0.3 is 0 Å². The van der Waals surface area contributed by atoms with Crippen LogP contribution >= 0.6 is 11.6 Å². The zero-order valence-electron chi connectivity index (χ0n) is 8.38. The minimum Gasteiger partial charge on any atom is -0.351 e. The van der Waals surface area contributed by atoms with Crippen molar-refractivity contribution in [2.75, 3.05) is 6.54 Å². The van der Waals surface area contributed by atoms with Crippen LogP contribution in [0.25, 0.3) is 0 Å². The van der Waals surface area contributed by atoms with Crippen LogP contribution in [0.2, 0.25) is 5.15 Å². The highest BCUT2D eigenvalue weighted by molar-refractivity contribution is 6.29. The van der Waals surface area contributed by atoms with Crippen molar-refractivity contribution in [1.82, 2.24) is 10.3 Å². The largest absolute Gasteiger partial charge is 0.351 e. The fourth-order valence-corrected chi connectivity index (χ4v) is 1.18. The van der Waals surface area contributed by atoms with E-state index in [0.29, 0.717) is 23.7 Å². The summed E-state index contributed by atoms with van der Waals surface area (Å²) in [4.78, 5) is 15.3. The number of hydrogen-bond donors (Lipinski definition) is 1. The van der Waals surface area contributed by atoms with Gasteiger partial charge in [0.1, 0.15) is 5.15 Å². The smallest absolute Gasteiger partial charge is 0.251 e. The molecule has 0 saturated carbocycles. The molecular weight excluding hydrogens is 212 g/mol. The monoisotopic (exact) mass is 222 g/mol. The molecule has 1 N–H and O–H groups in total. The van der Waals surface area contributed by atoms with Crippen molar-refractivity contribution in [3.8, 4) is 11.8 Å². The summed E-state index contributed by atoms with van der Waals surface area (Å²) in [6, 6.07) is 3.15. The van der Waals surface area contributed by atoms with E-state index in [1.807, 2.05) is 0 Å². The lowest BCUT2D eigenvalue weighted by molar-refractivity contribution is 0.0954. The Morgan fingerprint density at radius 1 is 1.67 bits per heavy atom. The van der Waals surface area contributed by atoms with Crippen molar-refractivity contribution in [3.63, 3.8) is 0 Å². The fourth-order valence-electron chi connectivity index (χ4n) is 1.01. The Bertz CT molecular complexity index is 407. The first-order valence-electron chi connectivity index (χ1n) is 4.53. The molecule has 1 aromatic heterocycles. The molecule has 78 valence electrons. The number of halogens is 1. The summed E-state index contributed by atoms with van der Waals surface area (Å²) in [5, 5.41) is 3.05. The van der Waals surface area contributed by atoms with Gasteiger partial charge < -0.3 is 5.32 Å². The molecule has 0 aliphatic rings. The Labute approximate surface area is 93.9 Å². The Balaban J connectivity index is 2.49. The Morgan fingerprint density at radius 2 is 2.47 bits per heavy atom. The third kappa shape index (κ3) is 4.01. The molecule has 1 amide bonds. The number of nitrogens with one attached hydrogen (secondary N) is 1. The first kappa shape index (κ1) is 11.5. The molecule has 0 bridgehead atoms. The van der Waals surface area contributed by atoms with Crippen LogP contribution in [0.4, 0.5) is 0 Å². The number of pyridine rings is 1. The van der Waals surface area contributed by atoms with E-state index in [-0.39, 0.29) is 5.91 Å². The Hall–Kier alpha value is -1.53. The molecule has 0 unspecified atom stereocenters. The molecular formula is C11H11ClN2O. The van der Waals surface area contributed by atoms with Gasteiger partial charge in [0.05, 0.1) is 0 Å². The Morgan fingerprint density at radius 3 is 3.13 bits per heavy atom. The van der Waals surface area contributed by atoms with Gasteiger partial charge in [-0.1, -0.05) is 11.6 Å². The Kier molecular flexibility index (Phi) is 4.65. The van der Waals surface area contributed by atoms with E-state index in [0.717, 1.165) is 0 Å². The maximum atomic E-state index is 11.5. The highest BCUT2D eigenvalue weighted by atomic mass is 35.5. The molecule has 0 aliphatic carbocycles. The van der Waals surface area contributed by atoms with Crippen LogP contribution in [-0.4, -0.2) is 17.4 Å². The molecule has 0 atom stereocenters. The van der Waals surface area contributed by atoms with E-state index < -0.39 is 0 Å². The van der Waals surface area contributed by atoms with Crippen LogP contribution in [0.15, 0.2) is 18.3 Å². The van der Waals surface area contributed by atoms with Crippen molar-refractivity contribution < 1.29 is 4.79 Å². The topological polar surface area (TPSA) is 42.0 Å². The molecule has 0 radical (unpaired) electrons. The highest BCUT2D eigenvalue weighted by Gasteiger charge is 2.04. The lowest BCUT2D eigenvalue weighted by Gasteiger charge is -2.02. The maximum Gasteiger partial charge on any atom is 0.251 e. The minimum atomic E-state index is -0.155. The normalized spacial score (nSPS) is 8.93. The van der Waals surface area contributed by atoms with Crippen LogP contribution in [-0.2, 0) is 0 Å². The summed E-state index contributed by atoms with van der Waals surface area (Å²) in [5.74, 6) is 5.47. The van der Waals surface area contributed by atoms with Crippen LogP contribution in [0.5, 0.6) is 0 Å². The van der Waals surface area contributed by atoms with Gasteiger partial charge in [-0.2, -0.15) is 0 Å². The number of carbonyl (C=O) groups excluding carboxylic acids is 1. The lowest BCUT2D eigenvalue weighted by Crippen LogP contribution is -2.24. The van der Waals surface area contributed by atoms with Crippen molar-refractivity contribution in [2.24, 2.45) is 0 Å². The van der Waals surface area contributed by atoms with E-state index >= 15 is 0 Å². The minimum absolute atomic E-state index is 0.155. The molecule has 1 heterocycles. The van der Waals surface area contributed by atoms with Crippen molar-refractivity contribution in [2.45, 2.75) is 13.3 Å². The number of aromatic nitrogens is 1. The summed E-state index contributed by atoms with van der Waals surface area (Å²) in [6.07, 6.45) is 2.16. The molecule has 0 aromatic carbocycles. The van der Waals surface area contributed by atoms with Crippen molar-refractivity contribution in [1.29, 1.82) is 0 Å². The molecule has 0 aliphatic heterocycles. The van der Waals surface area contributed by atoms with E-state index in [4.69, 9.17) is 11.6 Å². The summed E-state index contributed by atoms with van der Waals surface area (Å²) in [7, 11) is 0. The molecule has 3 nitrogen and oxygen atoms in total. The van der Waals surface area contributed by atoms with Gasteiger partial charge in [-0.25, -0.2) is 4.98 Å². The molecule has 0 fully saturated rings. The van der Waals surface area contributed by atoms with E-state index in [2.05, 4.69) is 22.1 Å². The van der Waals surface area contributed by atoms with Gasteiger partial charge in [-0.3, -0.25) is 4.79 Å². The number of nitrogens with zero attached hydrogens (tertiary/aromatic N) is 1. The van der Waals surface area contributed by atoms with Crippen LogP contribution in [0.3, 0.4) is 0 Å². The quantitative estimate of drug-likeness (QED) is 0.482. The SMILES string of the molecule is CC#CCCNC(=O)c1ccnc(Cl)c1. The van der Waals surface area contributed by atoms with Crippen LogP contribution < -0.4 is 5.32 Å². The van der Waals surface area contributed by atoms with E-state index in [1.165, 1.54) is 12.3 Å². The predicted octanol–water partition coefficient (Wildman–Crippen LogP) is 1.88. The third-order valence-corrected chi connectivity index (χ3v) is 1.91. The van der Waals surface area contributed by atoms with Gasteiger partial charge in [-0.15, -0.1) is 11.8 Å². The zero-order chi connectivity index (χ0) is 11.1. The number of carbonyl (C=O) groups is 1. The average Bonchev–Trinajstić information content (AvgIpc) is 2.24. The molecule has 4 heteroatoms. The molecule has 0 saturated heterocycles. The highest BCUT2D eigenvalue weighted by Crippen LogP contribution is 2.06. The molecule has 15 heavy (non-hydrogen) atoms. The van der Waals surface area contributed by atoms with Crippen LogP contribution in [0.1, 0.15) is 23.7 Å². The van der Waals surface area contributed by atoms with Gasteiger partial charge in [0.25, 0.3) is 5.91 Å².